The van der Waals surface area contributed by atoms with Gasteiger partial charge in [0.2, 0.25) is 5.91 Å². The zero-order valence-corrected chi connectivity index (χ0v) is 16.3. The summed E-state index contributed by atoms with van der Waals surface area (Å²) in [6.07, 6.45) is 10.1. The van der Waals surface area contributed by atoms with E-state index in [1.165, 1.54) is 56.3 Å². The van der Waals surface area contributed by atoms with Gasteiger partial charge in [0.1, 0.15) is 0 Å². The third-order valence-corrected chi connectivity index (χ3v) is 7.11. The molecule has 3 nitrogen and oxygen atoms in total. The van der Waals surface area contributed by atoms with Crippen LogP contribution in [0.15, 0.2) is 24.3 Å². The summed E-state index contributed by atoms with van der Waals surface area (Å²) in [6.45, 7) is 6.36. The molecule has 1 saturated carbocycles. The number of fused-ring (bicyclic) bond motifs is 1. The molecule has 1 amide bonds. The molecule has 1 aliphatic carbocycles. The van der Waals surface area contributed by atoms with Crippen molar-refractivity contribution in [3.05, 3.63) is 35.4 Å². The molecule has 3 fully saturated rings. The van der Waals surface area contributed by atoms with Crippen molar-refractivity contribution in [3.63, 3.8) is 0 Å². The Labute approximate surface area is 158 Å². The average molecular weight is 355 g/mol. The highest BCUT2D eigenvalue weighted by Crippen LogP contribution is 2.37. The summed E-state index contributed by atoms with van der Waals surface area (Å²) in [6, 6.07) is 9.24. The first-order chi connectivity index (χ1) is 12.7. The molecule has 1 aromatic rings. The van der Waals surface area contributed by atoms with Crippen molar-refractivity contribution in [1.82, 2.24) is 9.80 Å². The number of aryl methyl sites for hydroxylation is 1. The van der Waals surface area contributed by atoms with E-state index in [1.54, 1.807) is 0 Å². The van der Waals surface area contributed by atoms with Crippen LogP contribution in [0.5, 0.6) is 0 Å². The molecule has 3 aliphatic rings. The van der Waals surface area contributed by atoms with Crippen molar-refractivity contribution < 1.29 is 4.79 Å². The lowest BCUT2D eigenvalue weighted by molar-refractivity contribution is -0.131. The lowest BCUT2D eigenvalue weighted by Gasteiger charge is -2.44. The van der Waals surface area contributed by atoms with Gasteiger partial charge in [0, 0.05) is 32.1 Å². The van der Waals surface area contributed by atoms with E-state index >= 15 is 0 Å². The molecule has 0 radical (unpaired) electrons. The SMILES string of the molecule is Cc1ccc(CN2CCC(N3CC[C@@H]4CCCC[C@H]4C3)CCC2=O)cc1. The van der Waals surface area contributed by atoms with Gasteiger partial charge in [-0.25, -0.2) is 0 Å². The summed E-state index contributed by atoms with van der Waals surface area (Å²) in [7, 11) is 0. The molecule has 4 rings (SSSR count). The van der Waals surface area contributed by atoms with E-state index < -0.39 is 0 Å². The number of likely N-dealkylation sites (tertiary alicyclic amines) is 2. The Balaban J connectivity index is 1.34. The van der Waals surface area contributed by atoms with Gasteiger partial charge >= 0.3 is 0 Å². The zero-order valence-electron chi connectivity index (χ0n) is 16.3. The summed E-state index contributed by atoms with van der Waals surface area (Å²) in [5.74, 6) is 2.27. The van der Waals surface area contributed by atoms with Gasteiger partial charge in [-0.15, -0.1) is 0 Å². The summed E-state index contributed by atoms with van der Waals surface area (Å²) in [5, 5.41) is 0. The molecule has 0 spiro atoms. The van der Waals surface area contributed by atoms with E-state index in [9.17, 15) is 4.79 Å². The van der Waals surface area contributed by atoms with Crippen LogP contribution in [0, 0.1) is 18.8 Å². The summed E-state index contributed by atoms with van der Waals surface area (Å²) >= 11 is 0. The maximum absolute atomic E-state index is 12.6. The first-order valence-corrected chi connectivity index (χ1v) is 10.8. The largest absolute Gasteiger partial charge is 0.338 e. The van der Waals surface area contributed by atoms with E-state index in [1.807, 2.05) is 0 Å². The summed E-state index contributed by atoms with van der Waals surface area (Å²) in [4.78, 5) is 17.5. The third-order valence-electron chi connectivity index (χ3n) is 7.11. The minimum absolute atomic E-state index is 0.348. The second-order valence-electron chi connectivity index (χ2n) is 8.87. The highest BCUT2D eigenvalue weighted by atomic mass is 16.2. The fraction of sp³-hybridized carbons (Fsp3) is 0.696. The van der Waals surface area contributed by atoms with Crippen LogP contribution in [-0.4, -0.2) is 41.4 Å². The van der Waals surface area contributed by atoms with Crippen molar-refractivity contribution >= 4 is 5.91 Å². The number of piperidine rings is 1. The molecule has 2 heterocycles. The Morgan fingerprint density at radius 3 is 2.50 bits per heavy atom. The zero-order chi connectivity index (χ0) is 17.9. The van der Waals surface area contributed by atoms with E-state index in [0.29, 0.717) is 11.9 Å². The van der Waals surface area contributed by atoms with E-state index in [0.717, 1.165) is 44.2 Å². The lowest BCUT2D eigenvalue weighted by atomic mass is 9.74. The van der Waals surface area contributed by atoms with Crippen LogP contribution in [0.25, 0.3) is 0 Å². The van der Waals surface area contributed by atoms with Gasteiger partial charge in [0.05, 0.1) is 0 Å². The molecule has 142 valence electrons. The van der Waals surface area contributed by atoms with Gasteiger partial charge < -0.3 is 9.80 Å². The van der Waals surface area contributed by atoms with Gasteiger partial charge in [0.25, 0.3) is 0 Å². The predicted molar refractivity (Wildman–Crippen MR) is 106 cm³/mol. The maximum atomic E-state index is 12.6. The van der Waals surface area contributed by atoms with Gasteiger partial charge in [0.15, 0.2) is 0 Å². The van der Waals surface area contributed by atoms with Gasteiger partial charge in [-0.2, -0.15) is 0 Å². The quantitative estimate of drug-likeness (QED) is 0.804. The van der Waals surface area contributed by atoms with Gasteiger partial charge in [-0.05, 0) is 56.6 Å². The Morgan fingerprint density at radius 1 is 0.923 bits per heavy atom. The molecule has 0 N–H and O–H groups in total. The van der Waals surface area contributed by atoms with Crippen LogP contribution in [0.2, 0.25) is 0 Å². The minimum Gasteiger partial charge on any atom is -0.338 e. The number of hydrogen-bond donors (Lipinski definition) is 0. The first-order valence-electron chi connectivity index (χ1n) is 10.8. The number of carbonyl (C=O) groups excluding carboxylic acids is 1. The molecular weight excluding hydrogens is 320 g/mol. The Kier molecular flexibility index (Phi) is 5.63. The van der Waals surface area contributed by atoms with E-state index in [4.69, 9.17) is 0 Å². The Morgan fingerprint density at radius 2 is 1.69 bits per heavy atom. The third kappa shape index (κ3) is 4.14. The topological polar surface area (TPSA) is 23.6 Å². The monoisotopic (exact) mass is 354 g/mol. The van der Waals surface area contributed by atoms with Crippen molar-refractivity contribution in [2.75, 3.05) is 19.6 Å². The molecule has 1 aromatic carbocycles. The van der Waals surface area contributed by atoms with Crippen molar-refractivity contribution in [3.8, 4) is 0 Å². The number of hydrogen-bond acceptors (Lipinski definition) is 2. The number of nitrogens with zero attached hydrogens (tertiary/aromatic N) is 2. The molecule has 1 unspecified atom stereocenters. The van der Waals surface area contributed by atoms with Crippen LogP contribution in [-0.2, 0) is 11.3 Å². The minimum atomic E-state index is 0.348. The first kappa shape index (κ1) is 18.0. The molecule has 26 heavy (non-hydrogen) atoms. The normalized spacial score (nSPS) is 30.7. The summed E-state index contributed by atoms with van der Waals surface area (Å²) < 4.78 is 0. The van der Waals surface area contributed by atoms with Crippen LogP contribution >= 0.6 is 0 Å². The second kappa shape index (κ2) is 8.12. The summed E-state index contributed by atoms with van der Waals surface area (Å²) in [5.41, 5.74) is 2.53. The number of rotatable bonds is 3. The van der Waals surface area contributed by atoms with Crippen LogP contribution in [0.1, 0.15) is 62.5 Å². The van der Waals surface area contributed by atoms with Crippen LogP contribution in [0.3, 0.4) is 0 Å². The Bertz CT molecular complexity index is 611. The molecule has 3 heteroatoms. The molecule has 3 atom stereocenters. The standard InChI is InChI=1S/C23H34N2O/c1-18-6-8-19(9-7-18)16-25-15-13-22(10-11-23(25)26)24-14-12-20-4-2-3-5-21(20)17-24/h6-9,20-22H,2-5,10-17H2,1H3/t20-,21-,22?/m0/s1. The number of amides is 1. The molecular formula is C23H34N2O. The van der Waals surface area contributed by atoms with Crippen LogP contribution < -0.4 is 0 Å². The van der Waals surface area contributed by atoms with E-state index in [2.05, 4.69) is 41.0 Å². The van der Waals surface area contributed by atoms with Crippen molar-refractivity contribution in [1.29, 1.82) is 0 Å². The Hall–Kier alpha value is -1.35. The molecule has 0 bridgehead atoms. The van der Waals surface area contributed by atoms with Gasteiger partial charge in [-0.3, -0.25) is 4.79 Å². The molecule has 2 aliphatic heterocycles. The molecule has 0 aromatic heterocycles. The highest BCUT2D eigenvalue weighted by Gasteiger charge is 2.35. The van der Waals surface area contributed by atoms with E-state index in [-0.39, 0.29) is 0 Å². The van der Waals surface area contributed by atoms with Gasteiger partial charge in [-0.1, -0.05) is 49.1 Å². The fourth-order valence-electron chi connectivity index (χ4n) is 5.43. The molecule has 2 saturated heterocycles. The second-order valence-corrected chi connectivity index (χ2v) is 8.87. The number of benzene rings is 1. The highest BCUT2D eigenvalue weighted by molar-refractivity contribution is 5.76. The maximum Gasteiger partial charge on any atom is 0.222 e. The smallest absolute Gasteiger partial charge is 0.222 e. The number of carbonyl (C=O) groups is 1. The van der Waals surface area contributed by atoms with Crippen molar-refractivity contribution in [2.24, 2.45) is 11.8 Å². The van der Waals surface area contributed by atoms with Crippen LogP contribution in [0.4, 0.5) is 0 Å². The lowest BCUT2D eigenvalue weighted by Crippen LogP contribution is -2.47. The fourth-order valence-corrected chi connectivity index (χ4v) is 5.43. The average Bonchev–Trinajstić information content (AvgIpc) is 2.85. The predicted octanol–water partition coefficient (Wildman–Crippen LogP) is 4.39. The van der Waals surface area contributed by atoms with Crippen molar-refractivity contribution in [2.45, 2.75) is 70.9 Å².